The Bertz CT molecular complexity index is 247. The van der Waals surface area contributed by atoms with Crippen LogP contribution in [0.3, 0.4) is 0 Å². The van der Waals surface area contributed by atoms with Gasteiger partial charge in [-0.25, -0.2) is 0 Å². The molecule has 0 saturated heterocycles. The van der Waals surface area contributed by atoms with Gasteiger partial charge in [0.05, 0.1) is 6.61 Å². The molecule has 3 nitrogen and oxygen atoms in total. The van der Waals surface area contributed by atoms with Gasteiger partial charge in [-0.3, -0.25) is 9.78 Å². The molecule has 0 bridgehead atoms. The van der Waals surface area contributed by atoms with E-state index in [1.807, 2.05) is 12.3 Å². The molecule has 0 saturated carbocycles. The third-order valence-corrected chi connectivity index (χ3v) is 1.48. The number of hydrogen-bond donors (Lipinski definition) is 0. The van der Waals surface area contributed by atoms with E-state index in [9.17, 15) is 4.79 Å². The van der Waals surface area contributed by atoms with Crippen LogP contribution >= 0.6 is 0 Å². The Balaban J connectivity index is 0.000000255. The molecular weight excluding hydrogens is 178 g/mol. The summed E-state index contributed by atoms with van der Waals surface area (Å²) in [4.78, 5) is 13.8. The zero-order valence-electron chi connectivity index (χ0n) is 8.99. The minimum Gasteiger partial charge on any atom is -0.466 e. The van der Waals surface area contributed by atoms with E-state index in [0.29, 0.717) is 6.61 Å². The summed E-state index contributed by atoms with van der Waals surface area (Å²) >= 11 is 0. The molecule has 0 atom stereocenters. The van der Waals surface area contributed by atoms with Gasteiger partial charge in [0.1, 0.15) is 0 Å². The van der Waals surface area contributed by atoms with Crippen LogP contribution < -0.4 is 0 Å². The maximum atomic E-state index is 9.82. The van der Waals surface area contributed by atoms with Crippen molar-refractivity contribution in [2.24, 2.45) is 0 Å². The van der Waals surface area contributed by atoms with Crippen molar-refractivity contribution >= 4 is 5.97 Å². The number of nitrogens with zero attached hydrogens (tertiary/aromatic N) is 1. The van der Waals surface area contributed by atoms with Crippen molar-refractivity contribution in [2.45, 2.75) is 27.2 Å². The SMILES string of the molecule is CCOC(C)=O.CCc1cccnc1. The smallest absolute Gasteiger partial charge is 0.302 e. The summed E-state index contributed by atoms with van der Waals surface area (Å²) in [5.41, 5.74) is 1.30. The molecule has 14 heavy (non-hydrogen) atoms. The van der Waals surface area contributed by atoms with Crippen LogP contribution in [0.25, 0.3) is 0 Å². The second-order valence-electron chi connectivity index (χ2n) is 2.64. The van der Waals surface area contributed by atoms with Gasteiger partial charge in [0.15, 0.2) is 0 Å². The summed E-state index contributed by atoms with van der Waals surface area (Å²) in [7, 11) is 0. The Morgan fingerprint density at radius 1 is 1.50 bits per heavy atom. The second kappa shape index (κ2) is 8.23. The zero-order chi connectivity index (χ0) is 10.8. The third kappa shape index (κ3) is 7.28. The normalized spacial score (nSPS) is 8.50. The Morgan fingerprint density at radius 2 is 2.21 bits per heavy atom. The average molecular weight is 195 g/mol. The highest BCUT2D eigenvalue weighted by molar-refractivity contribution is 5.65. The van der Waals surface area contributed by atoms with E-state index < -0.39 is 0 Å². The van der Waals surface area contributed by atoms with Crippen LogP contribution in [0.5, 0.6) is 0 Å². The van der Waals surface area contributed by atoms with Crippen molar-refractivity contribution in [3.8, 4) is 0 Å². The topological polar surface area (TPSA) is 39.2 Å². The van der Waals surface area contributed by atoms with E-state index in [1.54, 1.807) is 13.1 Å². The number of pyridine rings is 1. The van der Waals surface area contributed by atoms with Crippen molar-refractivity contribution in [2.75, 3.05) is 6.61 Å². The highest BCUT2D eigenvalue weighted by atomic mass is 16.5. The summed E-state index contributed by atoms with van der Waals surface area (Å²) in [6.07, 6.45) is 4.76. The fourth-order valence-electron chi connectivity index (χ4n) is 0.811. The molecule has 0 fully saturated rings. The van der Waals surface area contributed by atoms with Crippen molar-refractivity contribution in [3.63, 3.8) is 0 Å². The Labute approximate surface area is 85.1 Å². The van der Waals surface area contributed by atoms with Crippen LogP contribution in [-0.4, -0.2) is 17.6 Å². The first-order valence-electron chi connectivity index (χ1n) is 4.73. The maximum absolute atomic E-state index is 9.82. The molecule has 0 spiro atoms. The largest absolute Gasteiger partial charge is 0.466 e. The number of hydrogen-bond acceptors (Lipinski definition) is 3. The van der Waals surface area contributed by atoms with E-state index in [1.165, 1.54) is 12.5 Å². The first-order valence-corrected chi connectivity index (χ1v) is 4.73. The van der Waals surface area contributed by atoms with Gasteiger partial charge < -0.3 is 4.74 Å². The predicted molar refractivity (Wildman–Crippen MR) is 55.9 cm³/mol. The third-order valence-electron chi connectivity index (χ3n) is 1.48. The number of ether oxygens (including phenoxy) is 1. The Morgan fingerprint density at radius 3 is 2.43 bits per heavy atom. The molecule has 1 aromatic heterocycles. The fraction of sp³-hybridized carbons (Fsp3) is 0.455. The van der Waals surface area contributed by atoms with Gasteiger partial charge in [0.25, 0.3) is 0 Å². The molecule has 1 aromatic rings. The molecule has 0 radical (unpaired) electrons. The number of rotatable bonds is 2. The van der Waals surface area contributed by atoms with Gasteiger partial charge in [-0.1, -0.05) is 13.0 Å². The monoisotopic (exact) mass is 195 g/mol. The lowest BCUT2D eigenvalue weighted by Gasteiger charge is -1.89. The number of carbonyl (C=O) groups is 1. The van der Waals surface area contributed by atoms with Crippen LogP contribution in [-0.2, 0) is 16.0 Å². The van der Waals surface area contributed by atoms with E-state index in [-0.39, 0.29) is 5.97 Å². The second-order valence-corrected chi connectivity index (χ2v) is 2.64. The summed E-state index contributed by atoms with van der Waals surface area (Å²) in [6.45, 7) is 5.78. The fourth-order valence-corrected chi connectivity index (χ4v) is 0.811. The zero-order valence-corrected chi connectivity index (χ0v) is 8.99. The lowest BCUT2D eigenvalue weighted by Crippen LogP contribution is -1.95. The molecule has 0 aromatic carbocycles. The molecule has 1 rings (SSSR count). The van der Waals surface area contributed by atoms with E-state index in [2.05, 4.69) is 22.7 Å². The summed E-state index contributed by atoms with van der Waals surface area (Å²) < 4.78 is 4.40. The van der Waals surface area contributed by atoms with Gasteiger partial charge in [-0.2, -0.15) is 0 Å². The standard InChI is InChI=1S/C7H9N.C4H8O2/c1-2-7-4-3-5-8-6-7;1-3-6-4(2)5/h3-6H,2H2,1H3;3H2,1-2H3. The van der Waals surface area contributed by atoms with Crippen LogP contribution in [0.4, 0.5) is 0 Å². The van der Waals surface area contributed by atoms with Crippen molar-refractivity contribution in [1.29, 1.82) is 0 Å². The first kappa shape index (κ1) is 12.6. The molecule has 0 aliphatic rings. The van der Waals surface area contributed by atoms with Gasteiger partial charge in [0, 0.05) is 19.3 Å². The molecule has 0 amide bonds. The number of esters is 1. The van der Waals surface area contributed by atoms with Crippen molar-refractivity contribution in [1.82, 2.24) is 4.98 Å². The van der Waals surface area contributed by atoms with E-state index in [0.717, 1.165) is 6.42 Å². The van der Waals surface area contributed by atoms with E-state index >= 15 is 0 Å². The molecule has 0 N–H and O–H groups in total. The lowest BCUT2D eigenvalue weighted by molar-refractivity contribution is -0.140. The predicted octanol–water partition coefficient (Wildman–Crippen LogP) is 2.21. The maximum Gasteiger partial charge on any atom is 0.302 e. The highest BCUT2D eigenvalue weighted by Crippen LogP contribution is 1.93. The molecule has 0 aliphatic carbocycles. The number of aromatic nitrogens is 1. The van der Waals surface area contributed by atoms with Crippen molar-refractivity contribution < 1.29 is 9.53 Å². The van der Waals surface area contributed by atoms with Crippen LogP contribution in [0.2, 0.25) is 0 Å². The average Bonchev–Trinajstić information content (AvgIpc) is 2.20. The van der Waals surface area contributed by atoms with Gasteiger partial charge in [-0.15, -0.1) is 0 Å². The molecule has 0 aliphatic heterocycles. The minimum atomic E-state index is -0.211. The number of aryl methyl sites for hydroxylation is 1. The summed E-state index contributed by atoms with van der Waals surface area (Å²) in [5, 5.41) is 0. The molecular formula is C11H17NO2. The molecule has 3 heteroatoms. The summed E-state index contributed by atoms with van der Waals surface area (Å²) in [6, 6.07) is 4.03. The lowest BCUT2D eigenvalue weighted by atomic mass is 10.2. The Hall–Kier alpha value is -1.38. The molecule has 1 heterocycles. The molecule has 0 unspecified atom stereocenters. The van der Waals surface area contributed by atoms with Gasteiger partial charge in [-0.05, 0) is 25.0 Å². The quantitative estimate of drug-likeness (QED) is 0.679. The van der Waals surface area contributed by atoms with Crippen LogP contribution in [0, 0.1) is 0 Å². The summed E-state index contributed by atoms with van der Waals surface area (Å²) in [5.74, 6) is -0.211. The Kier molecular flexibility index (Phi) is 7.42. The minimum absolute atomic E-state index is 0.211. The van der Waals surface area contributed by atoms with Crippen molar-refractivity contribution in [3.05, 3.63) is 30.1 Å². The molecule has 78 valence electrons. The highest BCUT2D eigenvalue weighted by Gasteiger charge is 1.82. The van der Waals surface area contributed by atoms with Gasteiger partial charge in [0.2, 0.25) is 0 Å². The van der Waals surface area contributed by atoms with Gasteiger partial charge >= 0.3 is 5.97 Å². The van der Waals surface area contributed by atoms with Crippen LogP contribution in [0.15, 0.2) is 24.5 Å². The van der Waals surface area contributed by atoms with Crippen LogP contribution in [0.1, 0.15) is 26.3 Å². The first-order chi connectivity index (χ1) is 6.70. The number of carbonyl (C=O) groups excluding carboxylic acids is 1. The van der Waals surface area contributed by atoms with E-state index in [4.69, 9.17) is 0 Å².